The van der Waals surface area contributed by atoms with Crippen molar-refractivity contribution in [2.24, 2.45) is 5.92 Å². The Bertz CT molecular complexity index is 473. The lowest BCUT2D eigenvalue weighted by Gasteiger charge is -2.11. The van der Waals surface area contributed by atoms with Gasteiger partial charge in [-0.05, 0) is 36.1 Å². The standard InChI is InChI=1S/C13H14ClNO2/c14-11-6-8-2-4-17-12(8)10(7-11)5-9-1-3-15-13(9)16/h6-7,9H,1-5H2,(H,15,16). The zero-order chi connectivity index (χ0) is 11.8. The average molecular weight is 252 g/mol. The molecule has 1 atom stereocenters. The highest BCUT2D eigenvalue weighted by molar-refractivity contribution is 6.30. The second-order valence-corrected chi connectivity index (χ2v) is 5.07. The number of amides is 1. The summed E-state index contributed by atoms with van der Waals surface area (Å²) in [5, 5.41) is 3.60. The molecule has 1 saturated heterocycles. The van der Waals surface area contributed by atoms with Crippen molar-refractivity contribution in [3.8, 4) is 5.75 Å². The second kappa shape index (κ2) is 4.22. The second-order valence-electron chi connectivity index (χ2n) is 4.63. The molecule has 1 fully saturated rings. The van der Waals surface area contributed by atoms with Gasteiger partial charge in [0, 0.05) is 23.9 Å². The molecule has 0 spiro atoms. The molecule has 0 saturated carbocycles. The van der Waals surface area contributed by atoms with E-state index < -0.39 is 0 Å². The SMILES string of the molecule is O=C1NCCC1Cc1cc(Cl)cc2c1OCC2. The van der Waals surface area contributed by atoms with E-state index in [4.69, 9.17) is 16.3 Å². The van der Waals surface area contributed by atoms with E-state index in [1.54, 1.807) is 0 Å². The number of ether oxygens (including phenoxy) is 1. The van der Waals surface area contributed by atoms with Gasteiger partial charge in [0.15, 0.2) is 0 Å². The summed E-state index contributed by atoms with van der Waals surface area (Å²) in [5.41, 5.74) is 2.25. The van der Waals surface area contributed by atoms with E-state index in [9.17, 15) is 4.79 Å². The van der Waals surface area contributed by atoms with Gasteiger partial charge in [-0.2, -0.15) is 0 Å². The minimum atomic E-state index is 0.0711. The predicted octanol–water partition coefficient (Wildman–Crippen LogP) is 1.95. The normalized spacial score (nSPS) is 22.2. The molecule has 3 nitrogen and oxygen atoms in total. The van der Waals surface area contributed by atoms with Crippen LogP contribution in [0.2, 0.25) is 5.02 Å². The van der Waals surface area contributed by atoms with E-state index in [1.165, 1.54) is 5.56 Å². The maximum Gasteiger partial charge on any atom is 0.223 e. The zero-order valence-electron chi connectivity index (χ0n) is 9.46. The molecular formula is C13H14ClNO2. The maximum absolute atomic E-state index is 11.6. The lowest BCUT2D eigenvalue weighted by atomic mass is 9.96. The van der Waals surface area contributed by atoms with Crippen molar-refractivity contribution in [1.29, 1.82) is 0 Å². The highest BCUT2D eigenvalue weighted by atomic mass is 35.5. The van der Waals surface area contributed by atoms with Crippen molar-refractivity contribution in [2.75, 3.05) is 13.2 Å². The number of fused-ring (bicyclic) bond motifs is 1. The molecule has 17 heavy (non-hydrogen) atoms. The van der Waals surface area contributed by atoms with Crippen LogP contribution in [0.15, 0.2) is 12.1 Å². The number of carbonyl (C=O) groups is 1. The Hall–Kier alpha value is -1.22. The Morgan fingerprint density at radius 2 is 2.35 bits per heavy atom. The van der Waals surface area contributed by atoms with Crippen molar-refractivity contribution in [2.45, 2.75) is 19.3 Å². The van der Waals surface area contributed by atoms with Crippen LogP contribution in [0.4, 0.5) is 0 Å². The van der Waals surface area contributed by atoms with Gasteiger partial charge < -0.3 is 10.1 Å². The molecule has 1 amide bonds. The largest absolute Gasteiger partial charge is 0.493 e. The van der Waals surface area contributed by atoms with Crippen molar-refractivity contribution < 1.29 is 9.53 Å². The van der Waals surface area contributed by atoms with Crippen molar-refractivity contribution >= 4 is 17.5 Å². The molecule has 1 aromatic rings. The van der Waals surface area contributed by atoms with Crippen LogP contribution >= 0.6 is 11.6 Å². The topological polar surface area (TPSA) is 38.3 Å². The first-order valence-corrected chi connectivity index (χ1v) is 6.33. The third-order valence-corrected chi connectivity index (χ3v) is 3.67. The Morgan fingerprint density at radius 3 is 3.12 bits per heavy atom. The van der Waals surface area contributed by atoms with Crippen LogP contribution in [0.25, 0.3) is 0 Å². The van der Waals surface area contributed by atoms with E-state index in [0.29, 0.717) is 0 Å². The summed E-state index contributed by atoms with van der Waals surface area (Å²) in [7, 11) is 0. The van der Waals surface area contributed by atoms with E-state index >= 15 is 0 Å². The highest BCUT2D eigenvalue weighted by Crippen LogP contribution is 2.35. The van der Waals surface area contributed by atoms with Gasteiger partial charge in [-0.1, -0.05) is 11.6 Å². The summed E-state index contributed by atoms with van der Waals surface area (Å²) in [6, 6.07) is 3.89. The van der Waals surface area contributed by atoms with Gasteiger partial charge >= 0.3 is 0 Å². The number of carbonyl (C=O) groups excluding carboxylic acids is 1. The lowest BCUT2D eigenvalue weighted by molar-refractivity contribution is -0.122. The number of halogens is 1. The van der Waals surface area contributed by atoms with Crippen LogP contribution in [-0.4, -0.2) is 19.1 Å². The van der Waals surface area contributed by atoms with Gasteiger partial charge in [-0.3, -0.25) is 4.79 Å². The summed E-state index contributed by atoms with van der Waals surface area (Å²) in [5.74, 6) is 1.17. The van der Waals surface area contributed by atoms with Crippen molar-refractivity contribution in [1.82, 2.24) is 5.32 Å². The molecule has 2 aliphatic rings. The summed E-state index contributed by atoms with van der Waals surface area (Å²) in [4.78, 5) is 11.6. The van der Waals surface area contributed by atoms with Crippen LogP contribution < -0.4 is 10.1 Å². The van der Waals surface area contributed by atoms with Crippen LogP contribution in [0.3, 0.4) is 0 Å². The molecular weight excluding hydrogens is 238 g/mol. The minimum Gasteiger partial charge on any atom is -0.493 e. The van der Waals surface area contributed by atoms with Gasteiger partial charge in [0.2, 0.25) is 5.91 Å². The van der Waals surface area contributed by atoms with Gasteiger partial charge in [-0.15, -0.1) is 0 Å². The van der Waals surface area contributed by atoms with Crippen LogP contribution in [0.5, 0.6) is 5.75 Å². The summed E-state index contributed by atoms with van der Waals surface area (Å²) in [6.45, 7) is 1.51. The molecule has 0 radical (unpaired) electrons. The fourth-order valence-electron chi connectivity index (χ4n) is 2.60. The van der Waals surface area contributed by atoms with Crippen molar-refractivity contribution in [3.63, 3.8) is 0 Å². The monoisotopic (exact) mass is 251 g/mol. The third kappa shape index (κ3) is 2.00. The van der Waals surface area contributed by atoms with Crippen molar-refractivity contribution in [3.05, 3.63) is 28.3 Å². The Kier molecular flexibility index (Phi) is 2.71. The Morgan fingerprint density at radius 1 is 1.47 bits per heavy atom. The number of hydrogen-bond donors (Lipinski definition) is 1. The summed E-state index contributed by atoms with van der Waals surface area (Å²) < 4.78 is 5.64. The summed E-state index contributed by atoms with van der Waals surface area (Å²) >= 11 is 6.09. The first kappa shape index (κ1) is 10.9. The molecule has 0 aromatic heterocycles. The van der Waals surface area contributed by atoms with E-state index in [-0.39, 0.29) is 11.8 Å². The molecule has 1 unspecified atom stereocenters. The molecule has 4 heteroatoms. The third-order valence-electron chi connectivity index (χ3n) is 3.45. The fourth-order valence-corrected chi connectivity index (χ4v) is 2.87. The Balaban J connectivity index is 1.90. The predicted molar refractivity (Wildman–Crippen MR) is 65.5 cm³/mol. The minimum absolute atomic E-state index is 0.0711. The van der Waals surface area contributed by atoms with Gasteiger partial charge in [0.05, 0.1) is 6.61 Å². The van der Waals surface area contributed by atoms with Gasteiger partial charge in [0.25, 0.3) is 0 Å². The van der Waals surface area contributed by atoms with Gasteiger partial charge in [-0.25, -0.2) is 0 Å². The van der Waals surface area contributed by atoms with E-state index in [0.717, 1.165) is 48.7 Å². The van der Waals surface area contributed by atoms with Crippen LogP contribution in [-0.2, 0) is 17.6 Å². The number of rotatable bonds is 2. The molecule has 1 aromatic carbocycles. The van der Waals surface area contributed by atoms with Gasteiger partial charge in [0.1, 0.15) is 5.75 Å². The van der Waals surface area contributed by atoms with Crippen LogP contribution in [0, 0.1) is 5.92 Å². The highest BCUT2D eigenvalue weighted by Gasteiger charge is 2.27. The number of nitrogens with one attached hydrogen (secondary N) is 1. The zero-order valence-corrected chi connectivity index (χ0v) is 10.2. The molecule has 1 N–H and O–H groups in total. The number of hydrogen-bond acceptors (Lipinski definition) is 2. The maximum atomic E-state index is 11.6. The number of benzene rings is 1. The molecule has 0 bridgehead atoms. The first-order chi connectivity index (χ1) is 8.24. The van der Waals surface area contributed by atoms with E-state index in [1.807, 2.05) is 12.1 Å². The average Bonchev–Trinajstić information content (AvgIpc) is 2.88. The van der Waals surface area contributed by atoms with Crippen LogP contribution in [0.1, 0.15) is 17.5 Å². The summed E-state index contributed by atoms with van der Waals surface area (Å²) in [6.07, 6.45) is 2.55. The smallest absolute Gasteiger partial charge is 0.223 e. The molecule has 2 aliphatic heterocycles. The molecule has 90 valence electrons. The molecule has 3 rings (SSSR count). The fraction of sp³-hybridized carbons (Fsp3) is 0.462. The quantitative estimate of drug-likeness (QED) is 0.873. The first-order valence-electron chi connectivity index (χ1n) is 5.96. The molecule has 0 aliphatic carbocycles. The molecule has 2 heterocycles. The Labute approximate surface area is 105 Å². The van der Waals surface area contributed by atoms with E-state index in [2.05, 4.69) is 5.32 Å². The lowest BCUT2D eigenvalue weighted by Crippen LogP contribution is -2.20.